The number of carbonyl (C=O) groups excluding carboxylic acids is 1. The fourth-order valence-electron chi connectivity index (χ4n) is 2.66. The van der Waals surface area contributed by atoms with Gasteiger partial charge < -0.3 is 9.74 Å². The van der Waals surface area contributed by atoms with Crippen molar-refractivity contribution in [3.05, 3.63) is 41.3 Å². The van der Waals surface area contributed by atoms with Crippen LogP contribution in [0.15, 0.2) is 40.8 Å². The van der Waals surface area contributed by atoms with E-state index >= 15 is 0 Å². The van der Waals surface area contributed by atoms with Crippen LogP contribution in [-0.2, 0) is 4.79 Å². The predicted octanol–water partition coefficient (Wildman–Crippen LogP) is 0.961. The van der Waals surface area contributed by atoms with Crippen LogP contribution in [0.4, 0.5) is 13.2 Å². The zero-order chi connectivity index (χ0) is 23.3. The second-order valence-electron chi connectivity index (χ2n) is 6.25. The summed E-state index contributed by atoms with van der Waals surface area (Å²) in [5.74, 6) is -1.90. The third-order valence-electron chi connectivity index (χ3n) is 4.32. The lowest BCUT2D eigenvalue weighted by atomic mass is 10.5. The number of aromatic nitrogens is 7. The van der Waals surface area contributed by atoms with Crippen molar-refractivity contribution in [1.82, 2.24) is 39.4 Å². The summed E-state index contributed by atoms with van der Waals surface area (Å²) in [4.78, 5) is 39.4. The van der Waals surface area contributed by atoms with Gasteiger partial charge in [-0.2, -0.15) is 17.9 Å². The topological polar surface area (TPSA) is 113 Å². The Kier molecular flexibility index (Phi) is 7.29. The second kappa shape index (κ2) is 9.95. The first-order chi connectivity index (χ1) is 15.2. The maximum Gasteiger partial charge on any atom is 0.493 e. The lowest BCUT2D eigenvalue weighted by molar-refractivity contribution is -0.202. The molecule has 0 atom stereocenters. The summed E-state index contributed by atoms with van der Waals surface area (Å²) in [6.07, 6.45) is -0.630. The van der Waals surface area contributed by atoms with Crippen molar-refractivity contribution < 1.29 is 22.8 Å². The van der Waals surface area contributed by atoms with Gasteiger partial charge in [0.05, 0.1) is 18.6 Å². The summed E-state index contributed by atoms with van der Waals surface area (Å²) >= 11 is 1.39. The zero-order valence-electron chi connectivity index (χ0n) is 17.1. The smallest absolute Gasteiger partial charge is 0.311 e. The Morgan fingerprint density at radius 1 is 1.25 bits per heavy atom. The van der Waals surface area contributed by atoms with E-state index in [0.29, 0.717) is 20.3 Å². The van der Waals surface area contributed by atoms with Crippen LogP contribution in [0.1, 0.15) is 13.8 Å². The van der Waals surface area contributed by atoms with Gasteiger partial charge in [-0.05, 0) is 13.1 Å². The van der Waals surface area contributed by atoms with E-state index in [1.165, 1.54) is 36.5 Å². The molecule has 0 fully saturated rings. The molecule has 0 aromatic carbocycles. The number of halogens is 3. The highest BCUT2D eigenvalue weighted by Crippen LogP contribution is 2.18. The molecule has 0 amide bonds. The fraction of sp³-hybridized carbons (Fsp3) is 0.412. The van der Waals surface area contributed by atoms with E-state index in [9.17, 15) is 22.8 Å². The minimum Gasteiger partial charge on any atom is -0.311 e. The number of rotatable bonds is 9. The summed E-state index contributed by atoms with van der Waals surface area (Å²) in [5, 5.41) is 7.70. The molecule has 0 N–H and O–H groups in total. The van der Waals surface area contributed by atoms with E-state index in [2.05, 4.69) is 30.0 Å². The van der Waals surface area contributed by atoms with Crippen LogP contribution in [0.5, 0.6) is 0 Å². The van der Waals surface area contributed by atoms with Crippen molar-refractivity contribution in [1.29, 1.82) is 0 Å². The van der Waals surface area contributed by atoms with Crippen LogP contribution in [0.25, 0.3) is 11.5 Å². The summed E-state index contributed by atoms with van der Waals surface area (Å²) in [6, 6.07) is 1.41. The molecule has 32 heavy (non-hydrogen) atoms. The fourth-order valence-corrected chi connectivity index (χ4v) is 3.53. The third-order valence-corrected chi connectivity index (χ3v) is 5.22. The van der Waals surface area contributed by atoms with Gasteiger partial charge in [-0.15, -0.1) is 21.7 Å². The highest BCUT2D eigenvalue weighted by atomic mass is 32.2. The van der Waals surface area contributed by atoms with Crippen molar-refractivity contribution in [3.63, 3.8) is 0 Å². The molecule has 0 spiro atoms. The Bertz CT molecular complexity index is 1110. The van der Waals surface area contributed by atoms with Crippen LogP contribution < -0.4 is 10.4 Å². The highest BCUT2D eigenvalue weighted by molar-refractivity contribution is 7.99. The van der Waals surface area contributed by atoms with Gasteiger partial charge in [0.1, 0.15) is 11.4 Å². The summed E-state index contributed by atoms with van der Waals surface area (Å²) in [6.45, 7) is 6.68. The van der Waals surface area contributed by atoms with Crippen LogP contribution in [0.3, 0.4) is 0 Å². The van der Waals surface area contributed by atoms with Crippen molar-refractivity contribution in [2.75, 3.05) is 25.4 Å². The van der Waals surface area contributed by atoms with Gasteiger partial charge in [0, 0.05) is 18.4 Å². The van der Waals surface area contributed by atoms with E-state index in [1.807, 2.05) is 13.8 Å². The van der Waals surface area contributed by atoms with E-state index < -0.39 is 17.7 Å². The molecular formula is C17H19F3N8O3S. The molecule has 0 aliphatic carbocycles. The van der Waals surface area contributed by atoms with Gasteiger partial charge in [-0.1, -0.05) is 19.1 Å². The second-order valence-corrected chi connectivity index (χ2v) is 7.36. The summed E-state index contributed by atoms with van der Waals surface area (Å²) in [5.41, 5.74) is -1.03. The van der Waals surface area contributed by atoms with E-state index in [-0.39, 0.29) is 11.5 Å². The molecule has 0 unspecified atom stereocenters. The number of hydrogen-bond acceptors (Lipinski definition) is 9. The molecule has 0 saturated heterocycles. The predicted molar refractivity (Wildman–Crippen MR) is 107 cm³/mol. The van der Waals surface area contributed by atoms with Gasteiger partial charge in [0.15, 0.2) is 11.5 Å². The zero-order valence-corrected chi connectivity index (χ0v) is 17.9. The molecule has 3 aromatic rings. The van der Waals surface area contributed by atoms with E-state index in [0.717, 1.165) is 30.5 Å². The quantitative estimate of drug-likeness (QED) is 0.332. The molecule has 0 bridgehead atoms. The number of nitrogens with zero attached hydrogens (tertiary/aromatic N) is 8. The minimum atomic E-state index is -5.27. The third kappa shape index (κ3) is 5.34. The monoisotopic (exact) mass is 472 g/mol. The van der Waals surface area contributed by atoms with Crippen molar-refractivity contribution in [2.24, 2.45) is 0 Å². The van der Waals surface area contributed by atoms with Gasteiger partial charge in [0.25, 0.3) is 0 Å². The average molecular weight is 472 g/mol. The maximum atomic E-state index is 12.9. The molecule has 3 aromatic heterocycles. The Labute approximate surface area is 183 Å². The Balaban J connectivity index is 1.95. The molecule has 0 radical (unpaired) electrons. The molecule has 172 valence electrons. The number of carbonyl (C=O) groups is 1. The first-order valence-corrected chi connectivity index (χ1v) is 10.4. The van der Waals surface area contributed by atoms with Gasteiger partial charge in [0.2, 0.25) is 0 Å². The molecule has 0 saturated carbocycles. The molecule has 0 aliphatic rings. The number of thioether (sulfide) groups is 1. The van der Waals surface area contributed by atoms with Crippen LogP contribution in [-0.4, -0.2) is 76.9 Å². The molecule has 11 nitrogen and oxygen atoms in total. The van der Waals surface area contributed by atoms with Gasteiger partial charge in [-0.3, -0.25) is 4.79 Å². The standard InChI is InChI=1S/C17H19F3N8O3S/c1-3-25(4-2)7-8-32-14-9-13(21-11-22-14)28-15(29)12(26-6-5-23-24-26)10-27(28)31-16(30)17(18,19)20/h5-6,9-11H,3-4,7-8H2,1-2H3. The highest BCUT2D eigenvalue weighted by Gasteiger charge is 2.42. The van der Waals surface area contributed by atoms with Crippen molar-refractivity contribution in [3.8, 4) is 11.5 Å². The number of alkyl halides is 3. The first-order valence-electron chi connectivity index (χ1n) is 9.43. The largest absolute Gasteiger partial charge is 0.493 e. The first kappa shape index (κ1) is 23.5. The van der Waals surface area contributed by atoms with Crippen LogP contribution >= 0.6 is 11.8 Å². The van der Waals surface area contributed by atoms with Crippen molar-refractivity contribution >= 4 is 17.7 Å². The van der Waals surface area contributed by atoms with Gasteiger partial charge in [-0.25, -0.2) is 19.4 Å². The maximum absolute atomic E-state index is 12.9. The summed E-state index contributed by atoms with van der Waals surface area (Å²) < 4.78 is 39.9. The van der Waals surface area contributed by atoms with E-state index in [4.69, 9.17) is 0 Å². The van der Waals surface area contributed by atoms with Crippen molar-refractivity contribution in [2.45, 2.75) is 25.0 Å². The lowest BCUT2D eigenvalue weighted by Crippen LogP contribution is -2.37. The van der Waals surface area contributed by atoms with Crippen LogP contribution in [0.2, 0.25) is 0 Å². The molecule has 3 rings (SSSR count). The number of hydrogen-bond donors (Lipinski definition) is 0. The Hall–Kier alpha value is -3.20. The van der Waals surface area contributed by atoms with Crippen LogP contribution in [0, 0.1) is 0 Å². The lowest BCUT2D eigenvalue weighted by Gasteiger charge is -2.17. The molecule has 15 heteroatoms. The summed E-state index contributed by atoms with van der Waals surface area (Å²) in [7, 11) is 0. The van der Waals surface area contributed by atoms with Gasteiger partial charge >= 0.3 is 17.7 Å². The molecule has 3 heterocycles. The minimum absolute atomic E-state index is 0.0864. The molecule has 0 aliphatic heterocycles. The Morgan fingerprint density at radius 2 is 2.00 bits per heavy atom. The van der Waals surface area contributed by atoms with E-state index in [1.54, 1.807) is 0 Å². The normalized spacial score (nSPS) is 11.8. The average Bonchev–Trinajstić information content (AvgIpc) is 3.39. The Morgan fingerprint density at radius 3 is 2.62 bits per heavy atom. The molecular weight excluding hydrogens is 453 g/mol. The SMILES string of the molecule is CCN(CC)CCSc1cc(-n2c(=O)c(-n3ccnn3)cn2OC(=O)C(F)(F)F)ncn1.